The van der Waals surface area contributed by atoms with Crippen LogP contribution in [0.15, 0.2) is 24.3 Å². The Labute approximate surface area is 241 Å². The molecule has 0 unspecified atom stereocenters. The molecule has 1 aromatic carbocycles. The average molecular weight is 580 g/mol. The molecule has 5 rings (SSSR count). The summed E-state index contributed by atoms with van der Waals surface area (Å²) in [5, 5.41) is 10.3. The first-order valence-corrected chi connectivity index (χ1v) is 15.2. The molecule has 1 saturated carbocycles. The highest BCUT2D eigenvalue weighted by Gasteiger charge is 2.47. The normalized spacial score (nSPS) is 26.4. The summed E-state index contributed by atoms with van der Waals surface area (Å²) in [6, 6.07) is 5.32. The van der Waals surface area contributed by atoms with Crippen molar-refractivity contribution in [2.75, 3.05) is 39.3 Å². The van der Waals surface area contributed by atoms with Crippen molar-refractivity contribution in [1.82, 2.24) is 14.7 Å². The molecule has 4 aliphatic rings. The molecule has 1 spiro atoms. The van der Waals surface area contributed by atoms with E-state index in [1.807, 2.05) is 23.6 Å². The van der Waals surface area contributed by atoms with Crippen LogP contribution in [0.4, 0.5) is 18.0 Å². The van der Waals surface area contributed by atoms with Gasteiger partial charge < -0.3 is 19.6 Å². The van der Waals surface area contributed by atoms with E-state index < -0.39 is 22.9 Å². The first-order valence-electron chi connectivity index (χ1n) is 15.2. The molecule has 3 aliphatic heterocycles. The van der Waals surface area contributed by atoms with Gasteiger partial charge in [-0.3, -0.25) is 9.69 Å². The second kappa shape index (κ2) is 11.7. The predicted molar refractivity (Wildman–Crippen MR) is 148 cm³/mol. The summed E-state index contributed by atoms with van der Waals surface area (Å²) in [5.41, 5.74) is -0.989. The number of rotatable bonds is 6. The minimum absolute atomic E-state index is 0.0517. The number of benzene rings is 1. The second-order valence-electron chi connectivity index (χ2n) is 13.4. The number of ether oxygens (including phenoxy) is 1. The van der Waals surface area contributed by atoms with Crippen molar-refractivity contribution >= 4 is 12.0 Å². The fraction of sp³-hybridized carbons (Fsp3) is 0.742. The fourth-order valence-corrected chi connectivity index (χ4v) is 7.24. The first-order chi connectivity index (χ1) is 19.3. The molecular formula is C31H44F3N3O4. The number of carbonyl (C=O) groups is 2. The van der Waals surface area contributed by atoms with Gasteiger partial charge in [0.15, 0.2) is 0 Å². The van der Waals surface area contributed by atoms with E-state index >= 15 is 0 Å². The van der Waals surface area contributed by atoms with Crippen molar-refractivity contribution in [2.24, 2.45) is 17.8 Å². The van der Waals surface area contributed by atoms with Crippen molar-refractivity contribution in [2.45, 2.75) is 89.1 Å². The van der Waals surface area contributed by atoms with Crippen LogP contribution in [-0.4, -0.2) is 82.3 Å². The van der Waals surface area contributed by atoms with Crippen LogP contribution < -0.4 is 0 Å². The van der Waals surface area contributed by atoms with E-state index in [1.165, 1.54) is 12.1 Å². The maximum Gasteiger partial charge on any atom is 0.416 e. The maximum atomic E-state index is 13.1. The molecular weight excluding hydrogens is 535 g/mol. The monoisotopic (exact) mass is 579 g/mol. The molecule has 0 bridgehead atoms. The van der Waals surface area contributed by atoms with E-state index in [2.05, 4.69) is 4.90 Å². The zero-order valence-corrected chi connectivity index (χ0v) is 24.3. The predicted octanol–water partition coefficient (Wildman–Crippen LogP) is 5.31. The Morgan fingerprint density at radius 2 is 1.59 bits per heavy atom. The molecule has 3 heterocycles. The summed E-state index contributed by atoms with van der Waals surface area (Å²) in [4.78, 5) is 32.0. The van der Waals surface area contributed by atoms with Gasteiger partial charge in [-0.2, -0.15) is 13.2 Å². The van der Waals surface area contributed by atoms with E-state index in [4.69, 9.17) is 4.74 Å². The Balaban J connectivity index is 1.04. The number of hydrogen-bond donors (Lipinski definition) is 1. The van der Waals surface area contributed by atoms with Crippen LogP contribution in [0.25, 0.3) is 0 Å². The highest BCUT2D eigenvalue weighted by molar-refractivity contribution is 5.79. The molecule has 10 heteroatoms. The Kier molecular flexibility index (Phi) is 8.63. The number of hydrogen-bond acceptors (Lipinski definition) is 5. The van der Waals surface area contributed by atoms with Gasteiger partial charge in [0, 0.05) is 58.0 Å². The number of piperidine rings is 2. The largest absolute Gasteiger partial charge is 0.441 e. The Bertz CT molecular complexity index is 1060. The lowest BCUT2D eigenvalue weighted by Gasteiger charge is -2.40. The highest BCUT2D eigenvalue weighted by Crippen LogP contribution is 2.37. The minimum atomic E-state index is -4.33. The molecule has 0 aromatic heterocycles. The number of likely N-dealkylation sites (tertiary alicyclic amines) is 2. The fourth-order valence-electron chi connectivity index (χ4n) is 7.24. The second-order valence-corrected chi connectivity index (χ2v) is 13.4. The highest BCUT2D eigenvalue weighted by atomic mass is 19.4. The molecule has 1 aromatic rings. The van der Waals surface area contributed by atoms with Crippen molar-refractivity contribution in [3.05, 3.63) is 35.4 Å². The first kappa shape index (κ1) is 30.1. The third-order valence-electron chi connectivity index (χ3n) is 9.98. The van der Waals surface area contributed by atoms with Crippen molar-refractivity contribution in [1.29, 1.82) is 0 Å². The van der Waals surface area contributed by atoms with Gasteiger partial charge in [0.25, 0.3) is 0 Å². The molecule has 0 radical (unpaired) electrons. The quantitative estimate of drug-likeness (QED) is 0.495. The van der Waals surface area contributed by atoms with Gasteiger partial charge in [-0.05, 0) is 81.9 Å². The van der Waals surface area contributed by atoms with Crippen molar-refractivity contribution in [3.63, 3.8) is 0 Å². The topological polar surface area (TPSA) is 73.3 Å². The van der Waals surface area contributed by atoms with Gasteiger partial charge in [0.2, 0.25) is 5.91 Å². The van der Waals surface area contributed by atoms with Crippen LogP contribution in [0, 0.1) is 17.8 Å². The van der Waals surface area contributed by atoms with Crippen molar-refractivity contribution in [3.8, 4) is 0 Å². The van der Waals surface area contributed by atoms with Crippen LogP contribution in [0.5, 0.6) is 0 Å². The SMILES string of the molecule is CC(C)(O)C1CCN(C(=O)C2CCC(CN3CC4(CCN(Cc5ccc(C(F)(F)F)cc5)CC4)OC3=O)CC2)CC1. The third kappa shape index (κ3) is 7.19. The van der Waals surface area contributed by atoms with Crippen LogP contribution in [0.1, 0.15) is 76.3 Å². The van der Waals surface area contributed by atoms with Gasteiger partial charge in [-0.15, -0.1) is 0 Å². The maximum absolute atomic E-state index is 13.1. The van der Waals surface area contributed by atoms with Crippen LogP contribution >= 0.6 is 0 Å². The molecule has 41 heavy (non-hydrogen) atoms. The van der Waals surface area contributed by atoms with Gasteiger partial charge >= 0.3 is 12.3 Å². The number of amides is 2. The van der Waals surface area contributed by atoms with E-state index in [0.717, 1.165) is 82.4 Å². The van der Waals surface area contributed by atoms with E-state index in [9.17, 15) is 27.9 Å². The number of carbonyl (C=O) groups excluding carboxylic acids is 2. The van der Waals surface area contributed by atoms with Crippen LogP contribution in [0.2, 0.25) is 0 Å². The number of alkyl halides is 3. The van der Waals surface area contributed by atoms with E-state index in [-0.39, 0.29) is 23.8 Å². The van der Waals surface area contributed by atoms with Gasteiger partial charge in [-0.1, -0.05) is 12.1 Å². The molecule has 3 saturated heterocycles. The van der Waals surface area contributed by atoms with E-state index in [1.54, 1.807) is 0 Å². The molecule has 1 N–H and O–H groups in total. The zero-order chi connectivity index (χ0) is 29.4. The summed E-state index contributed by atoms with van der Waals surface area (Å²) >= 11 is 0. The van der Waals surface area contributed by atoms with Crippen LogP contribution in [-0.2, 0) is 22.3 Å². The zero-order valence-electron chi connectivity index (χ0n) is 24.3. The average Bonchev–Trinajstić information content (AvgIpc) is 3.23. The molecule has 2 amide bonds. The molecule has 0 atom stereocenters. The minimum Gasteiger partial charge on any atom is -0.441 e. The number of aliphatic hydroxyl groups is 1. The summed E-state index contributed by atoms with van der Waals surface area (Å²) in [6.07, 6.45) is 2.07. The van der Waals surface area contributed by atoms with E-state index in [0.29, 0.717) is 38.4 Å². The number of nitrogens with zero attached hydrogens (tertiary/aromatic N) is 3. The lowest BCUT2D eigenvalue weighted by molar-refractivity contribution is -0.140. The third-order valence-corrected chi connectivity index (χ3v) is 9.98. The Morgan fingerprint density at radius 3 is 2.15 bits per heavy atom. The summed E-state index contributed by atoms with van der Waals surface area (Å²) in [5.74, 6) is 0.899. The molecule has 7 nitrogen and oxygen atoms in total. The lowest BCUT2D eigenvalue weighted by Crippen LogP contribution is -2.47. The summed E-state index contributed by atoms with van der Waals surface area (Å²) in [7, 11) is 0. The van der Waals surface area contributed by atoms with Gasteiger partial charge in [0.1, 0.15) is 5.60 Å². The molecule has 4 fully saturated rings. The van der Waals surface area contributed by atoms with Crippen molar-refractivity contribution < 1.29 is 32.6 Å². The number of halogens is 3. The summed E-state index contributed by atoms with van der Waals surface area (Å²) < 4.78 is 44.4. The van der Waals surface area contributed by atoms with Crippen LogP contribution in [0.3, 0.4) is 0 Å². The Hall–Kier alpha value is -2.33. The smallest absolute Gasteiger partial charge is 0.416 e. The molecule has 228 valence electrons. The summed E-state index contributed by atoms with van der Waals surface area (Å²) in [6.45, 7) is 8.40. The van der Waals surface area contributed by atoms with Gasteiger partial charge in [-0.25, -0.2) is 4.79 Å². The standard InChI is InChI=1S/C31H44F3N3O4/c1-29(2,40)25-11-15-36(16-12-25)27(38)24-7-3-23(4-8-24)20-37-21-30(41-28(37)39)13-17-35(18-14-30)19-22-5-9-26(10-6-22)31(32,33)34/h5-6,9-10,23-25,40H,3-4,7-8,11-21H2,1-2H3. The van der Waals surface area contributed by atoms with Gasteiger partial charge in [0.05, 0.1) is 17.7 Å². The lowest BCUT2D eigenvalue weighted by atomic mass is 9.79. The Morgan fingerprint density at radius 1 is 0.976 bits per heavy atom. The molecule has 1 aliphatic carbocycles.